The molecule has 2 nitrogen and oxygen atoms in total. The lowest BCUT2D eigenvalue weighted by Gasteiger charge is -2.27. The molecule has 0 aliphatic heterocycles. The molecule has 0 fully saturated rings. The van der Waals surface area contributed by atoms with Gasteiger partial charge < -0.3 is 9.32 Å². The fourth-order valence-corrected chi connectivity index (χ4v) is 1.98. The van der Waals surface area contributed by atoms with Crippen LogP contribution < -0.4 is 4.90 Å². The van der Waals surface area contributed by atoms with Crippen LogP contribution in [0.2, 0.25) is 0 Å². The van der Waals surface area contributed by atoms with Crippen LogP contribution in [0, 0.1) is 0 Å². The Morgan fingerprint density at radius 1 is 1.24 bits per heavy atom. The highest BCUT2D eigenvalue weighted by Gasteiger charge is 2.17. The van der Waals surface area contributed by atoms with Crippen molar-refractivity contribution in [3.63, 3.8) is 0 Å². The van der Waals surface area contributed by atoms with Crippen LogP contribution >= 0.6 is 0 Å². The Morgan fingerprint density at radius 2 is 2.00 bits per heavy atom. The Kier molecular flexibility index (Phi) is 3.66. The van der Waals surface area contributed by atoms with Gasteiger partial charge >= 0.3 is 0 Å². The second kappa shape index (κ2) is 5.39. The third-order valence-corrected chi connectivity index (χ3v) is 2.90. The number of rotatable bonds is 5. The molecule has 0 aliphatic carbocycles. The largest absolute Gasteiger partial charge is 0.449 e. The monoisotopic (exact) mass is 227 g/mol. The van der Waals surface area contributed by atoms with Gasteiger partial charge in [-0.1, -0.05) is 36.4 Å². The lowest BCUT2D eigenvalue weighted by molar-refractivity contribution is 0.527. The van der Waals surface area contributed by atoms with E-state index in [1.807, 2.05) is 31.3 Å². The highest BCUT2D eigenvalue weighted by molar-refractivity contribution is 5.39. The van der Waals surface area contributed by atoms with Gasteiger partial charge in [-0.15, -0.1) is 6.58 Å². The third-order valence-electron chi connectivity index (χ3n) is 2.90. The molecule has 1 aromatic carbocycles. The molecule has 0 saturated carbocycles. The number of hydrogen-bond acceptors (Lipinski definition) is 2. The van der Waals surface area contributed by atoms with Crippen LogP contribution in [0.5, 0.6) is 0 Å². The molecule has 0 amide bonds. The molecular formula is C15H17NO. The zero-order valence-corrected chi connectivity index (χ0v) is 10.0. The molecule has 88 valence electrons. The van der Waals surface area contributed by atoms with Gasteiger partial charge in [-0.25, -0.2) is 0 Å². The SMILES string of the molecule is C=CCC(c1ccccc1)N(C)c1ccco1. The van der Waals surface area contributed by atoms with E-state index in [2.05, 4.69) is 35.7 Å². The molecule has 0 bridgehead atoms. The molecule has 1 atom stereocenters. The van der Waals surface area contributed by atoms with Crippen molar-refractivity contribution in [2.24, 2.45) is 0 Å². The summed E-state index contributed by atoms with van der Waals surface area (Å²) in [6.07, 6.45) is 4.53. The van der Waals surface area contributed by atoms with Crippen LogP contribution in [0.15, 0.2) is 65.8 Å². The van der Waals surface area contributed by atoms with Crippen LogP contribution in [-0.4, -0.2) is 7.05 Å². The van der Waals surface area contributed by atoms with Gasteiger partial charge in [0.25, 0.3) is 0 Å². The third kappa shape index (κ3) is 2.59. The standard InChI is InChI=1S/C15H17NO/c1-3-8-14(13-9-5-4-6-10-13)16(2)15-11-7-12-17-15/h3-7,9-12,14H,1,8H2,2H3. The normalized spacial score (nSPS) is 12.1. The number of benzene rings is 1. The summed E-state index contributed by atoms with van der Waals surface area (Å²) in [4.78, 5) is 2.14. The van der Waals surface area contributed by atoms with E-state index in [1.54, 1.807) is 6.26 Å². The van der Waals surface area contributed by atoms with Crippen LogP contribution in [0.1, 0.15) is 18.0 Å². The molecule has 2 aromatic rings. The van der Waals surface area contributed by atoms with E-state index in [-0.39, 0.29) is 6.04 Å². The van der Waals surface area contributed by atoms with E-state index in [0.29, 0.717) is 0 Å². The summed E-state index contributed by atoms with van der Waals surface area (Å²) in [5, 5.41) is 0. The van der Waals surface area contributed by atoms with Crippen LogP contribution in [0.3, 0.4) is 0 Å². The quantitative estimate of drug-likeness (QED) is 0.717. The summed E-state index contributed by atoms with van der Waals surface area (Å²) in [5.74, 6) is 0.876. The van der Waals surface area contributed by atoms with Crippen molar-refractivity contribution in [3.05, 3.63) is 66.9 Å². The Labute approximate surface area is 102 Å². The molecule has 0 saturated heterocycles. The van der Waals surface area contributed by atoms with Crippen molar-refractivity contribution >= 4 is 5.88 Å². The minimum Gasteiger partial charge on any atom is -0.449 e. The van der Waals surface area contributed by atoms with Crippen molar-refractivity contribution in [2.45, 2.75) is 12.5 Å². The number of furan rings is 1. The summed E-state index contributed by atoms with van der Waals surface area (Å²) in [6, 6.07) is 14.5. The molecule has 0 aliphatic rings. The summed E-state index contributed by atoms with van der Waals surface area (Å²) in [6.45, 7) is 3.83. The average Bonchev–Trinajstić information content (AvgIpc) is 2.90. The summed E-state index contributed by atoms with van der Waals surface area (Å²) >= 11 is 0. The Hall–Kier alpha value is -1.96. The molecule has 1 heterocycles. The van der Waals surface area contributed by atoms with Gasteiger partial charge in [0, 0.05) is 13.1 Å². The summed E-state index contributed by atoms with van der Waals surface area (Å²) in [7, 11) is 2.04. The number of hydrogen-bond donors (Lipinski definition) is 0. The maximum atomic E-state index is 5.44. The number of anilines is 1. The van der Waals surface area contributed by atoms with Crippen LogP contribution in [0.4, 0.5) is 5.88 Å². The first-order valence-electron chi connectivity index (χ1n) is 5.75. The van der Waals surface area contributed by atoms with Gasteiger partial charge in [-0.3, -0.25) is 0 Å². The van der Waals surface area contributed by atoms with Gasteiger partial charge in [0.05, 0.1) is 12.3 Å². The van der Waals surface area contributed by atoms with Gasteiger partial charge in [-0.05, 0) is 18.1 Å². The highest BCUT2D eigenvalue weighted by atomic mass is 16.3. The fraction of sp³-hybridized carbons (Fsp3) is 0.200. The van der Waals surface area contributed by atoms with E-state index in [0.717, 1.165) is 12.3 Å². The molecule has 17 heavy (non-hydrogen) atoms. The van der Waals surface area contributed by atoms with Crippen molar-refractivity contribution in [1.82, 2.24) is 0 Å². The Balaban J connectivity index is 2.26. The van der Waals surface area contributed by atoms with E-state index in [1.165, 1.54) is 5.56 Å². The molecule has 1 unspecified atom stereocenters. The van der Waals surface area contributed by atoms with E-state index < -0.39 is 0 Å². The van der Waals surface area contributed by atoms with Gasteiger partial charge in [0.1, 0.15) is 0 Å². The van der Waals surface area contributed by atoms with Gasteiger partial charge in [0.15, 0.2) is 5.88 Å². The van der Waals surface area contributed by atoms with E-state index in [9.17, 15) is 0 Å². The maximum Gasteiger partial charge on any atom is 0.195 e. The topological polar surface area (TPSA) is 16.4 Å². The Morgan fingerprint density at radius 3 is 2.59 bits per heavy atom. The van der Waals surface area contributed by atoms with Crippen molar-refractivity contribution in [2.75, 3.05) is 11.9 Å². The fourth-order valence-electron chi connectivity index (χ4n) is 1.98. The summed E-state index contributed by atoms with van der Waals surface area (Å²) < 4.78 is 5.44. The van der Waals surface area contributed by atoms with Crippen LogP contribution in [0.25, 0.3) is 0 Å². The lowest BCUT2D eigenvalue weighted by atomic mass is 10.0. The average molecular weight is 227 g/mol. The predicted octanol–water partition coefficient (Wildman–Crippen LogP) is 4.03. The number of nitrogens with zero attached hydrogens (tertiary/aromatic N) is 1. The Bertz CT molecular complexity index is 447. The zero-order chi connectivity index (χ0) is 12.1. The molecule has 0 radical (unpaired) electrons. The lowest BCUT2D eigenvalue weighted by Crippen LogP contribution is -2.23. The second-order valence-corrected chi connectivity index (χ2v) is 4.01. The zero-order valence-electron chi connectivity index (χ0n) is 10.0. The van der Waals surface area contributed by atoms with Gasteiger partial charge in [-0.2, -0.15) is 0 Å². The molecule has 0 N–H and O–H groups in total. The molecule has 1 aromatic heterocycles. The second-order valence-electron chi connectivity index (χ2n) is 4.01. The smallest absolute Gasteiger partial charge is 0.195 e. The first-order valence-corrected chi connectivity index (χ1v) is 5.75. The van der Waals surface area contributed by atoms with Crippen molar-refractivity contribution in [3.8, 4) is 0 Å². The minimum atomic E-state index is 0.264. The van der Waals surface area contributed by atoms with Crippen LogP contribution in [-0.2, 0) is 0 Å². The highest BCUT2D eigenvalue weighted by Crippen LogP contribution is 2.28. The van der Waals surface area contributed by atoms with Gasteiger partial charge in [0.2, 0.25) is 0 Å². The molecule has 2 heteroatoms. The van der Waals surface area contributed by atoms with Crippen molar-refractivity contribution in [1.29, 1.82) is 0 Å². The van der Waals surface area contributed by atoms with E-state index >= 15 is 0 Å². The predicted molar refractivity (Wildman–Crippen MR) is 71.1 cm³/mol. The minimum absolute atomic E-state index is 0.264. The maximum absolute atomic E-state index is 5.44. The molecule has 2 rings (SSSR count). The van der Waals surface area contributed by atoms with E-state index in [4.69, 9.17) is 4.42 Å². The molecular weight excluding hydrogens is 210 g/mol. The first-order chi connectivity index (χ1) is 8.33. The summed E-state index contributed by atoms with van der Waals surface area (Å²) in [5.41, 5.74) is 1.27. The molecule has 0 spiro atoms. The first kappa shape index (κ1) is 11.5. The van der Waals surface area contributed by atoms with Crippen molar-refractivity contribution < 1.29 is 4.42 Å².